The van der Waals surface area contributed by atoms with Crippen LogP contribution in [0.1, 0.15) is 24.3 Å². The lowest BCUT2D eigenvalue weighted by molar-refractivity contribution is -0.128. The number of aromatic nitrogens is 2. The van der Waals surface area contributed by atoms with E-state index in [0.29, 0.717) is 17.3 Å². The fraction of sp³-hybridized carbons (Fsp3) is 0.304. The molecule has 1 atom stereocenters. The molecule has 0 aliphatic carbocycles. The van der Waals surface area contributed by atoms with E-state index >= 15 is 0 Å². The zero-order valence-corrected chi connectivity index (χ0v) is 18.2. The van der Waals surface area contributed by atoms with Crippen LogP contribution in [-0.2, 0) is 4.79 Å². The number of carbonyl (C=O) groups excluding carboxylic acids is 1. The molecular weight excluding hydrogens is 398 g/mol. The second kappa shape index (κ2) is 8.83. The molecule has 0 unspecified atom stereocenters. The Kier molecular flexibility index (Phi) is 5.99. The van der Waals surface area contributed by atoms with E-state index in [1.54, 1.807) is 26.0 Å². The van der Waals surface area contributed by atoms with E-state index in [9.17, 15) is 4.79 Å². The van der Waals surface area contributed by atoms with Crippen LogP contribution in [0.5, 0.6) is 11.5 Å². The van der Waals surface area contributed by atoms with Crippen LogP contribution in [0.25, 0.3) is 16.9 Å². The van der Waals surface area contributed by atoms with Crippen LogP contribution >= 0.6 is 11.8 Å². The van der Waals surface area contributed by atoms with Gasteiger partial charge in [-0.15, -0.1) is 11.8 Å². The minimum Gasteiger partial charge on any atom is -0.493 e. The zero-order chi connectivity index (χ0) is 21.1. The molecule has 3 aromatic rings. The molecule has 2 heterocycles. The van der Waals surface area contributed by atoms with Crippen molar-refractivity contribution < 1.29 is 14.3 Å². The highest BCUT2D eigenvalue weighted by Crippen LogP contribution is 2.43. The van der Waals surface area contributed by atoms with Crippen molar-refractivity contribution in [3.63, 3.8) is 0 Å². The van der Waals surface area contributed by atoms with Gasteiger partial charge in [0.05, 0.1) is 31.4 Å². The number of benzene rings is 2. The van der Waals surface area contributed by atoms with Crippen molar-refractivity contribution >= 4 is 17.7 Å². The van der Waals surface area contributed by atoms with E-state index in [1.165, 1.54) is 0 Å². The van der Waals surface area contributed by atoms with Gasteiger partial charge in [0, 0.05) is 23.9 Å². The number of ether oxygens (including phenoxy) is 2. The third-order valence-corrected chi connectivity index (χ3v) is 6.36. The number of thioether (sulfide) groups is 1. The maximum absolute atomic E-state index is 12.5. The fourth-order valence-corrected chi connectivity index (χ4v) is 4.90. The lowest BCUT2D eigenvalue weighted by Crippen LogP contribution is -2.28. The van der Waals surface area contributed by atoms with Gasteiger partial charge in [-0.25, -0.2) is 4.68 Å². The molecule has 0 spiro atoms. The van der Waals surface area contributed by atoms with E-state index in [-0.39, 0.29) is 11.3 Å². The molecule has 2 aromatic carbocycles. The minimum atomic E-state index is -0.0574. The quantitative estimate of drug-likeness (QED) is 0.558. The summed E-state index contributed by atoms with van der Waals surface area (Å²) in [5.74, 6) is 1.99. The first-order chi connectivity index (χ1) is 14.7. The molecule has 1 aromatic heterocycles. The molecule has 0 bridgehead atoms. The molecule has 1 amide bonds. The third-order valence-electron chi connectivity index (χ3n) is 5.12. The van der Waals surface area contributed by atoms with E-state index in [2.05, 4.69) is 6.92 Å². The SMILES string of the molecule is CCCN1C(=O)CS[C@@H]1c1cn(-c2ccccc2)nc1-c1ccc(OC)c(OC)c1. The van der Waals surface area contributed by atoms with Crippen LogP contribution in [-0.4, -0.2) is 47.1 Å². The van der Waals surface area contributed by atoms with Gasteiger partial charge < -0.3 is 14.4 Å². The molecule has 0 N–H and O–H groups in total. The molecule has 156 valence electrons. The van der Waals surface area contributed by atoms with Gasteiger partial charge >= 0.3 is 0 Å². The summed E-state index contributed by atoms with van der Waals surface area (Å²) in [5.41, 5.74) is 3.76. The topological polar surface area (TPSA) is 56.6 Å². The van der Waals surface area contributed by atoms with Gasteiger partial charge in [-0.3, -0.25) is 4.79 Å². The number of amides is 1. The summed E-state index contributed by atoms with van der Waals surface area (Å²) in [7, 11) is 3.25. The van der Waals surface area contributed by atoms with Crippen molar-refractivity contribution in [3.8, 4) is 28.4 Å². The standard InChI is InChI=1S/C23H25N3O3S/c1-4-12-25-21(27)15-30-23(25)18-14-26(17-8-6-5-7-9-17)24-22(18)16-10-11-19(28-2)20(13-16)29-3/h5-11,13-14,23H,4,12,15H2,1-3H3/t23-/m1/s1. The minimum absolute atomic E-state index is 0.0574. The largest absolute Gasteiger partial charge is 0.493 e. The highest BCUT2D eigenvalue weighted by Gasteiger charge is 2.35. The second-order valence-corrected chi connectivity index (χ2v) is 8.10. The first-order valence-corrected chi connectivity index (χ1v) is 11.0. The van der Waals surface area contributed by atoms with Crippen LogP contribution in [0.2, 0.25) is 0 Å². The van der Waals surface area contributed by atoms with E-state index in [4.69, 9.17) is 14.6 Å². The molecule has 1 aliphatic rings. The first kappa shape index (κ1) is 20.3. The number of carbonyl (C=O) groups is 1. The Hall–Kier alpha value is -2.93. The smallest absolute Gasteiger partial charge is 0.233 e. The molecule has 30 heavy (non-hydrogen) atoms. The van der Waals surface area contributed by atoms with Crippen LogP contribution in [0, 0.1) is 0 Å². The van der Waals surface area contributed by atoms with Gasteiger partial charge in [0.25, 0.3) is 0 Å². The molecule has 6 nitrogen and oxygen atoms in total. The Morgan fingerprint density at radius 3 is 2.57 bits per heavy atom. The number of rotatable bonds is 7. The molecule has 0 saturated carbocycles. The molecule has 1 aliphatic heterocycles. The van der Waals surface area contributed by atoms with Crippen molar-refractivity contribution in [3.05, 3.63) is 60.3 Å². The monoisotopic (exact) mass is 423 g/mol. The molecule has 7 heteroatoms. The summed E-state index contributed by atoms with van der Waals surface area (Å²) in [6.45, 7) is 2.83. The summed E-state index contributed by atoms with van der Waals surface area (Å²) < 4.78 is 12.8. The van der Waals surface area contributed by atoms with Crippen molar-refractivity contribution in [1.29, 1.82) is 0 Å². The first-order valence-electron chi connectivity index (χ1n) is 9.94. The van der Waals surface area contributed by atoms with Gasteiger partial charge in [-0.05, 0) is 36.8 Å². The maximum Gasteiger partial charge on any atom is 0.233 e. The number of methoxy groups -OCH3 is 2. The molecule has 1 saturated heterocycles. The predicted octanol–water partition coefficient (Wildman–Crippen LogP) is 4.54. The fourth-order valence-electron chi connectivity index (χ4n) is 3.68. The Labute approximate surface area is 180 Å². The summed E-state index contributed by atoms with van der Waals surface area (Å²) in [4.78, 5) is 14.5. The number of para-hydroxylation sites is 1. The van der Waals surface area contributed by atoms with Crippen molar-refractivity contribution in [2.75, 3.05) is 26.5 Å². The van der Waals surface area contributed by atoms with Crippen LogP contribution < -0.4 is 9.47 Å². The molecular formula is C23H25N3O3S. The molecule has 1 fully saturated rings. The summed E-state index contributed by atoms with van der Waals surface area (Å²) in [6.07, 6.45) is 2.96. The van der Waals surface area contributed by atoms with Crippen LogP contribution in [0.4, 0.5) is 0 Å². The van der Waals surface area contributed by atoms with Crippen molar-refractivity contribution in [1.82, 2.24) is 14.7 Å². The maximum atomic E-state index is 12.5. The van der Waals surface area contributed by atoms with Gasteiger partial charge in [0.15, 0.2) is 11.5 Å². The van der Waals surface area contributed by atoms with Crippen LogP contribution in [0.3, 0.4) is 0 Å². The van der Waals surface area contributed by atoms with E-state index in [1.807, 2.05) is 64.3 Å². The highest BCUT2D eigenvalue weighted by molar-refractivity contribution is 8.00. The summed E-state index contributed by atoms with van der Waals surface area (Å²) >= 11 is 1.65. The highest BCUT2D eigenvalue weighted by atomic mass is 32.2. The molecule has 4 rings (SSSR count). The Balaban J connectivity index is 1.84. The average Bonchev–Trinajstić information content (AvgIpc) is 3.38. The Morgan fingerprint density at radius 1 is 1.10 bits per heavy atom. The van der Waals surface area contributed by atoms with E-state index < -0.39 is 0 Å². The number of hydrogen-bond acceptors (Lipinski definition) is 5. The van der Waals surface area contributed by atoms with Crippen LogP contribution in [0.15, 0.2) is 54.7 Å². The lowest BCUT2D eigenvalue weighted by Gasteiger charge is -2.23. The third kappa shape index (κ3) is 3.77. The number of hydrogen-bond donors (Lipinski definition) is 0. The van der Waals surface area contributed by atoms with E-state index in [0.717, 1.165) is 35.5 Å². The summed E-state index contributed by atoms with van der Waals surface area (Å²) in [5, 5.41) is 4.86. The van der Waals surface area contributed by atoms with Gasteiger partial charge in [0.2, 0.25) is 5.91 Å². The van der Waals surface area contributed by atoms with Crippen molar-refractivity contribution in [2.24, 2.45) is 0 Å². The average molecular weight is 424 g/mol. The number of nitrogens with zero attached hydrogens (tertiary/aromatic N) is 3. The van der Waals surface area contributed by atoms with Gasteiger partial charge in [-0.2, -0.15) is 5.10 Å². The summed E-state index contributed by atoms with van der Waals surface area (Å²) in [6, 6.07) is 15.8. The Bertz CT molecular complexity index is 1040. The second-order valence-electron chi connectivity index (χ2n) is 7.03. The predicted molar refractivity (Wildman–Crippen MR) is 119 cm³/mol. The lowest BCUT2D eigenvalue weighted by atomic mass is 10.1. The zero-order valence-electron chi connectivity index (χ0n) is 17.4. The van der Waals surface area contributed by atoms with Gasteiger partial charge in [-0.1, -0.05) is 25.1 Å². The van der Waals surface area contributed by atoms with Crippen molar-refractivity contribution in [2.45, 2.75) is 18.7 Å². The normalized spacial score (nSPS) is 16.2. The van der Waals surface area contributed by atoms with Gasteiger partial charge in [0.1, 0.15) is 5.37 Å². The Morgan fingerprint density at radius 2 is 1.87 bits per heavy atom. The molecule has 0 radical (unpaired) electrons.